The second-order valence-corrected chi connectivity index (χ2v) is 7.46. The number of amides is 1. The number of fused-ring (bicyclic) bond motifs is 1. The summed E-state index contributed by atoms with van der Waals surface area (Å²) in [4.78, 5) is 26.2. The van der Waals surface area contributed by atoms with Gasteiger partial charge >= 0.3 is 11.8 Å². The van der Waals surface area contributed by atoms with Crippen LogP contribution in [-0.4, -0.2) is 28.7 Å². The van der Waals surface area contributed by atoms with E-state index in [0.29, 0.717) is 17.5 Å². The number of hydrogen-bond donors (Lipinski definition) is 2. The van der Waals surface area contributed by atoms with E-state index in [1.807, 2.05) is 44.2 Å². The maximum absolute atomic E-state index is 11.7. The van der Waals surface area contributed by atoms with E-state index < -0.39 is 16.6 Å². The van der Waals surface area contributed by atoms with Crippen molar-refractivity contribution in [2.45, 2.75) is 46.8 Å². The van der Waals surface area contributed by atoms with E-state index in [0.717, 1.165) is 6.20 Å². The van der Waals surface area contributed by atoms with E-state index >= 15 is 0 Å². The number of carbonyl (C=O) groups is 1. The Morgan fingerprint density at radius 1 is 1.06 bits per heavy atom. The van der Waals surface area contributed by atoms with Gasteiger partial charge in [-0.15, -0.1) is 0 Å². The molecule has 0 saturated carbocycles. The lowest BCUT2D eigenvalue weighted by molar-refractivity contribution is -0.384. The summed E-state index contributed by atoms with van der Waals surface area (Å²) in [6.07, 6.45) is 0.407. The van der Waals surface area contributed by atoms with Gasteiger partial charge in [-0.25, -0.2) is 15.2 Å². The SMILES string of the molecule is CC.CC(C)(C)OC(=O)NNc1c([N+](=O)[O-])cnc2ccccc12.COCc1ccccc1. The Morgan fingerprint density at radius 2 is 1.67 bits per heavy atom. The highest BCUT2D eigenvalue weighted by molar-refractivity contribution is 5.96. The van der Waals surface area contributed by atoms with Crippen molar-refractivity contribution in [3.05, 3.63) is 76.5 Å². The Kier molecular flexibility index (Phi) is 11.3. The molecular weight excluding hydrogens is 424 g/mol. The third kappa shape index (κ3) is 9.53. The van der Waals surface area contributed by atoms with Crippen molar-refractivity contribution in [2.75, 3.05) is 12.5 Å². The second kappa shape index (κ2) is 13.6. The average Bonchev–Trinajstić information content (AvgIpc) is 2.79. The van der Waals surface area contributed by atoms with Crippen molar-refractivity contribution in [2.24, 2.45) is 0 Å². The minimum atomic E-state index is -0.734. The number of carbonyl (C=O) groups excluding carboxylic acids is 1. The van der Waals surface area contributed by atoms with Crippen molar-refractivity contribution in [1.29, 1.82) is 0 Å². The van der Waals surface area contributed by atoms with E-state index in [2.05, 4.69) is 15.8 Å². The number of aromatic nitrogens is 1. The Morgan fingerprint density at radius 3 is 2.24 bits per heavy atom. The first kappa shape index (κ1) is 27.3. The molecule has 0 aliphatic carbocycles. The molecule has 9 heteroatoms. The first-order valence-corrected chi connectivity index (χ1v) is 10.5. The van der Waals surface area contributed by atoms with Crippen molar-refractivity contribution in [3.8, 4) is 0 Å². The summed E-state index contributed by atoms with van der Waals surface area (Å²) in [6, 6.07) is 17.0. The number of hydrogen-bond acceptors (Lipinski definition) is 7. The normalized spacial score (nSPS) is 10.1. The third-order valence-electron chi connectivity index (χ3n) is 3.79. The van der Waals surface area contributed by atoms with Crippen LogP contribution in [0.3, 0.4) is 0 Å². The lowest BCUT2D eigenvalue weighted by Crippen LogP contribution is -2.36. The van der Waals surface area contributed by atoms with Crippen LogP contribution in [0.5, 0.6) is 0 Å². The topological polar surface area (TPSA) is 116 Å². The number of nitrogens with zero attached hydrogens (tertiary/aromatic N) is 2. The number of para-hydroxylation sites is 1. The highest BCUT2D eigenvalue weighted by atomic mass is 16.6. The van der Waals surface area contributed by atoms with Crippen molar-refractivity contribution < 1.29 is 19.2 Å². The molecular formula is C24H32N4O5. The quantitative estimate of drug-likeness (QED) is 0.365. The maximum atomic E-state index is 11.7. The van der Waals surface area contributed by atoms with Crippen LogP contribution in [-0.2, 0) is 16.1 Å². The van der Waals surface area contributed by atoms with E-state index in [9.17, 15) is 14.9 Å². The molecule has 0 aliphatic rings. The predicted molar refractivity (Wildman–Crippen MR) is 130 cm³/mol. The third-order valence-corrected chi connectivity index (χ3v) is 3.79. The van der Waals surface area contributed by atoms with Gasteiger partial charge in [0.05, 0.1) is 17.0 Å². The average molecular weight is 457 g/mol. The van der Waals surface area contributed by atoms with E-state index in [1.54, 1.807) is 52.1 Å². The largest absolute Gasteiger partial charge is 0.443 e. The highest BCUT2D eigenvalue weighted by Gasteiger charge is 2.20. The number of hydrazine groups is 1. The summed E-state index contributed by atoms with van der Waals surface area (Å²) in [6.45, 7) is 9.87. The Labute approximate surface area is 194 Å². The number of pyridine rings is 1. The van der Waals surface area contributed by atoms with Gasteiger partial charge in [-0.1, -0.05) is 62.4 Å². The smallest absolute Gasteiger partial charge is 0.426 e. The molecule has 178 valence electrons. The molecule has 0 bridgehead atoms. The van der Waals surface area contributed by atoms with Crippen molar-refractivity contribution >= 4 is 28.4 Å². The molecule has 3 rings (SSSR count). The zero-order valence-corrected chi connectivity index (χ0v) is 19.9. The first-order chi connectivity index (χ1) is 15.7. The number of nitro groups is 1. The second-order valence-electron chi connectivity index (χ2n) is 7.46. The van der Waals surface area contributed by atoms with E-state index in [-0.39, 0.29) is 11.4 Å². The molecule has 33 heavy (non-hydrogen) atoms. The van der Waals surface area contributed by atoms with Gasteiger partial charge in [-0.05, 0) is 32.4 Å². The van der Waals surface area contributed by atoms with Crippen LogP contribution in [0.1, 0.15) is 40.2 Å². The number of methoxy groups -OCH3 is 1. The molecule has 9 nitrogen and oxygen atoms in total. The van der Waals surface area contributed by atoms with Crippen molar-refractivity contribution in [1.82, 2.24) is 10.4 Å². The van der Waals surface area contributed by atoms with Crippen molar-refractivity contribution in [3.63, 3.8) is 0 Å². The van der Waals surface area contributed by atoms with Crippen LogP contribution in [0.25, 0.3) is 10.9 Å². The van der Waals surface area contributed by atoms with Crippen LogP contribution in [0, 0.1) is 10.1 Å². The summed E-state index contributed by atoms with van der Waals surface area (Å²) in [7, 11) is 1.70. The summed E-state index contributed by atoms with van der Waals surface area (Å²) >= 11 is 0. The summed E-state index contributed by atoms with van der Waals surface area (Å²) in [5, 5.41) is 11.6. The monoisotopic (exact) mass is 456 g/mol. The Balaban J connectivity index is 0.000000412. The van der Waals surface area contributed by atoms with Crippen LogP contribution in [0.15, 0.2) is 60.8 Å². The zero-order valence-electron chi connectivity index (χ0n) is 19.9. The summed E-state index contributed by atoms with van der Waals surface area (Å²) < 4.78 is 10.0. The van der Waals surface area contributed by atoms with Gasteiger partial charge in [0.2, 0.25) is 0 Å². The fourth-order valence-electron chi connectivity index (χ4n) is 2.56. The minimum Gasteiger partial charge on any atom is -0.443 e. The maximum Gasteiger partial charge on any atom is 0.426 e. The molecule has 0 spiro atoms. The number of benzene rings is 2. The lowest BCUT2D eigenvalue weighted by atomic mass is 10.2. The highest BCUT2D eigenvalue weighted by Crippen LogP contribution is 2.30. The molecule has 1 aromatic heterocycles. The number of ether oxygens (including phenoxy) is 2. The van der Waals surface area contributed by atoms with Gasteiger partial charge in [-0.2, -0.15) is 0 Å². The molecule has 1 amide bonds. The van der Waals surface area contributed by atoms with Crippen LogP contribution in [0.2, 0.25) is 0 Å². The molecule has 0 saturated heterocycles. The Hall–Kier alpha value is -3.72. The molecule has 0 fully saturated rings. The van der Waals surface area contributed by atoms with Gasteiger partial charge in [0.25, 0.3) is 0 Å². The summed E-state index contributed by atoms with van der Waals surface area (Å²) in [5.41, 5.74) is 5.89. The van der Waals surface area contributed by atoms with Gasteiger partial charge in [0, 0.05) is 12.5 Å². The molecule has 2 aromatic carbocycles. The predicted octanol–water partition coefficient (Wildman–Crippen LogP) is 5.85. The number of anilines is 1. The molecule has 2 N–H and O–H groups in total. The fourth-order valence-corrected chi connectivity index (χ4v) is 2.56. The van der Waals surface area contributed by atoms with Crippen LogP contribution < -0.4 is 10.9 Å². The standard InChI is InChI=1S/C14H16N4O4.C8H10O.C2H6/c1-14(2,3)22-13(19)17-16-12-9-6-4-5-7-10(9)15-8-11(12)18(20)21;1-9-7-8-5-3-2-4-6-8;1-2/h4-8H,1-3H3,(H,15,16)(H,17,19);2-6H,7H2,1H3;1-2H3. The van der Waals surface area contributed by atoms with Gasteiger partial charge in [0.15, 0.2) is 0 Å². The molecule has 0 unspecified atom stereocenters. The Bertz CT molecular complexity index is 1020. The zero-order chi connectivity index (χ0) is 24.9. The van der Waals surface area contributed by atoms with E-state index in [1.165, 1.54) is 5.56 Å². The molecule has 0 radical (unpaired) electrons. The number of rotatable bonds is 5. The van der Waals surface area contributed by atoms with Crippen LogP contribution in [0.4, 0.5) is 16.2 Å². The molecule has 1 heterocycles. The van der Waals surface area contributed by atoms with Gasteiger partial charge < -0.3 is 9.47 Å². The first-order valence-electron chi connectivity index (χ1n) is 10.5. The lowest BCUT2D eigenvalue weighted by Gasteiger charge is -2.20. The fraction of sp³-hybridized carbons (Fsp3) is 0.333. The van der Waals surface area contributed by atoms with E-state index in [4.69, 9.17) is 9.47 Å². The molecule has 0 aliphatic heterocycles. The molecule has 0 atom stereocenters. The van der Waals surface area contributed by atoms with Crippen LogP contribution >= 0.6 is 0 Å². The number of nitrogens with one attached hydrogen (secondary N) is 2. The van der Waals surface area contributed by atoms with Gasteiger partial charge in [0.1, 0.15) is 17.5 Å². The minimum absolute atomic E-state index is 0.154. The molecule has 3 aromatic rings. The summed E-state index contributed by atoms with van der Waals surface area (Å²) in [5.74, 6) is 0. The van der Waals surface area contributed by atoms with Gasteiger partial charge in [-0.3, -0.25) is 15.5 Å².